The Labute approximate surface area is 164 Å². The van der Waals surface area contributed by atoms with Crippen molar-refractivity contribution < 1.29 is 23.9 Å². The first kappa shape index (κ1) is 17.9. The number of esters is 2. The molecule has 0 saturated heterocycles. The number of halogens is 1. The van der Waals surface area contributed by atoms with Crippen LogP contribution < -0.4 is 4.74 Å². The molecule has 0 amide bonds. The van der Waals surface area contributed by atoms with Gasteiger partial charge in [-0.2, -0.15) is 0 Å². The van der Waals surface area contributed by atoms with Crippen LogP contribution in [0.25, 0.3) is 0 Å². The summed E-state index contributed by atoms with van der Waals surface area (Å²) in [7, 11) is 1.22. The van der Waals surface area contributed by atoms with Crippen molar-refractivity contribution in [1.82, 2.24) is 0 Å². The van der Waals surface area contributed by atoms with E-state index in [1.165, 1.54) is 7.11 Å². The number of carbonyl (C=O) groups excluding carboxylic acids is 3. The third-order valence-electron chi connectivity index (χ3n) is 5.85. The Bertz CT molecular complexity index is 996. The van der Waals surface area contributed by atoms with Gasteiger partial charge in [-0.15, -0.1) is 0 Å². The Morgan fingerprint density at radius 2 is 1.81 bits per heavy atom. The zero-order chi connectivity index (χ0) is 19.6. The molecule has 2 aromatic rings. The maximum atomic E-state index is 13.4. The normalized spacial score (nSPS) is 27.9. The zero-order valence-corrected chi connectivity index (χ0v) is 16.6. The molecule has 2 aromatic carbocycles. The predicted octanol–water partition coefficient (Wildman–Crippen LogP) is 3.82. The number of Topliss-reactive ketones (excluding diaryl/α,β-unsaturated/α-hetero) is 1. The van der Waals surface area contributed by atoms with E-state index in [2.05, 4.69) is 15.9 Å². The van der Waals surface area contributed by atoms with Crippen LogP contribution in [-0.2, 0) is 14.3 Å². The molecule has 0 spiro atoms. The Morgan fingerprint density at radius 1 is 1.15 bits per heavy atom. The van der Waals surface area contributed by atoms with E-state index in [0.717, 1.165) is 10.0 Å². The van der Waals surface area contributed by atoms with Crippen LogP contribution in [0.5, 0.6) is 5.75 Å². The van der Waals surface area contributed by atoms with Gasteiger partial charge < -0.3 is 9.47 Å². The highest BCUT2D eigenvalue weighted by atomic mass is 79.9. The van der Waals surface area contributed by atoms with E-state index >= 15 is 0 Å². The molecule has 1 aliphatic carbocycles. The second-order valence-corrected chi connectivity index (χ2v) is 8.12. The number of fused-ring (bicyclic) bond motifs is 3. The number of carbonyl (C=O) groups is 3. The lowest BCUT2D eigenvalue weighted by atomic mass is 9.86. The molecule has 2 aliphatic rings. The molecule has 5 nitrogen and oxygen atoms in total. The molecule has 0 radical (unpaired) electrons. The smallest absolute Gasteiger partial charge is 0.330 e. The Hall–Kier alpha value is -2.47. The molecule has 1 aliphatic heterocycles. The fraction of sp³-hybridized carbons (Fsp3) is 0.286. The Kier molecular flexibility index (Phi) is 3.82. The van der Waals surface area contributed by atoms with E-state index in [4.69, 9.17) is 9.47 Å². The third kappa shape index (κ3) is 2.13. The van der Waals surface area contributed by atoms with Crippen LogP contribution in [-0.4, -0.2) is 24.8 Å². The molecule has 4 rings (SSSR count). The van der Waals surface area contributed by atoms with Gasteiger partial charge in [-0.25, -0.2) is 0 Å². The minimum absolute atomic E-state index is 0.275. The van der Waals surface area contributed by atoms with Gasteiger partial charge in [0.15, 0.2) is 11.2 Å². The number of ketones is 1. The second kappa shape index (κ2) is 5.76. The van der Waals surface area contributed by atoms with Crippen molar-refractivity contribution in [3.63, 3.8) is 0 Å². The zero-order valence-electron chi connectivity index (χ0n) is 15.0. The molecule has 0 aromatic heterocycles. The minimum atomic E-state index is -1.67. The summed E-state index contributed by atoms with van der Waals surface area (Å²) in [5, 5.41) is 0. The quantitative estimate of drug-likeness (QED) is 0.321. The first-order valence-electron chi connectivity index (χ1n) is 8.50. The number of aryl methyl sites for hydroxylation is 1. The molecule has 1 fully saturated rings. The number of methoxy groups -OCH3 is 1. The summed E-state index contributed by atoms with van der Waals surface area (Å²) in [6.07, 6.45) is 0. The van der Waals surface area contributed by atoms with Crippen molar-refractivity contribution in [2.75, 3.05) is 7.11 Å². The average Bonchev–Trinajstić information content (AvgIpc) is 3.25. The van der Waals surface area contributed by atoms with Gasteiger partial charge in [-0.3, -0.25) is 14.4 Å². The van der Waals surface area contributed by atoms with Gasteiger partial charge in [0, 0.05) is 21.5 Å². The minimum Gasteiger partial charge on any atom is -0.468 e. The predicted molar refractivity (Wildman–Crippen MR) is 101 cm³/mol. The third-order valence-corrected chi connectivity index (χ3v) is 6.34. The molecule has 1 heterocycles. The summed E-state index contributed by atoms with van der Waals surface area (Å²) in [6, 6.07) is 12.3. The largest absolute Gasteiger partial charge is 0.468 e. The number of ether oxygens (including phenoxy) is 2. The molecule has 3 atom stereocenters. The standard InChI is InChI=1S/C21H17BrO5/c1-11-4-6-12(7-5-11)17(23)20(2)16-14-10-13(22)8-9-15(14)27-19(25)21(16,20)18(24)26-3/h4-10,16H,1-3H3/t16-,20-,21+/m0/s1. The Balaban J connectivity index is 1.91. The monoisotopic (exact) mass is 428 g/mol. The Morgan fingerprint density at radius 3 is 2.44 bits per heavy atom. The van der Waals surface area contributed by atoms with Gasteiger partial charge in [0.2, 0.25) is 0 Å². The lowest BCUT2D eigenvalue weighted by molar-refractivity contribution is -0.160. The molecule has 138 valence electrons. The van der Waals surface area contributed by atoms with E-state index in [0.29, 0.717) is 16.9 Å². The topological polar surface area (TPSA) is 69.7 Å². The van der Waals surface area contributed by atoms with Crippen molar-refractivity contribution >= 4 is 33.7 Å². The van der Waals surface area contributed by atoms with Crippen LogP contribution in [0.1, 0.15) is 34.3 Å². The van der Waals surface area contributed by atoms with Gasteiger partial charge in [-0.1, -0.05) is 45.8 Å². The van der Waals surface area contributed by atoms with Gasteiger partial charge in [0.25, 0.3) is 0 Å². The van der Waals surface area contributed by atoms with Gasteiger partial charge in [0.1, 0.15) is 5.75 Å². The van der Waals surface area contributed by atoms with E-state index in [1.54, 1.807) is 37.3 Å². The molecule has 0 N–H and O–H groups in total. The summed E-state index contributed by atoms with van der Waals surface area (Å²) in [4.78, 5) is 39.1. The fourth-order valence-corrected chi connectivity index (χ4v) is 4.78. The highest BCUT2D eigenvalue weighted by Crippen LogP contribution is 2.78. The maximum absolute atomic E-state index is 13.4. The lowest BCUT2D eigenvalue weighted by Crippen LogP contribution is -2.39. The van der Waals surface area contributed by atoms with Crippen molar-refractivity contribution in [3.8, 4) is 5.75 Å². The van der Waals surface area contributed by atoms with Crippen molar-refractivity contribution in [2.45, 2.75) is 19.8 Å². The van der Waals surface area contributed by atoms with E-state index in [-0.39, 0.29) is 5.78 Å². The molecule has 1 saturated carbocycles. The maximum Gasteiger partial charge on any atom is 0.330 e. The number of hydrogen-bond donors (Lipinski definition) is 0. The van der Waals surface area contributed by atoms with E-state index < -0.39 is 28.7 Å². The number of hydrogen-bond acceptors (Lipinski definition) is 5. The molecule has 27 heavy (non-hydrogen) atoms. The number of rotatable bonds is 3. The highest BCUT2D eigenvalue weighted by Gasteiger charge is 2.89. The summed E-state index contributed by atoms with van der Waals surface area (Å²) >= 11 is 3.41. The summed E-state index contributed by atoms with van der Waals surface area (Å²) in [5.74, 6) is -2.03. The van der Waals surface area contributed by atoms with Crippen LogP contribution in [0, 0.1) is 17.8 Å². The van der Waals surface area contributed by atoms with Gasteiger partial charge >= 0.3 is 11.9 Å². The summed E-state index contributed by atoms with van der Waals surface area (Å²) < 4.78 is 11.2. The van der Waals surface area contributed by atoms with Crippen LogP contribution in [0.15, 0.2) is 46.9 Å². The summed E-state index contributed by atoms with van der Waals surface area (Å²) in [5.41, 5.74) is -0.834. The molecule has 6 heteroatoms. The van der Waals surface area contributed by atoms with Crippen molar-refractivity contribution in [2.24, 2.45) is 10.8 Å². The van der Waals surface area contributed by atoms with Crippen LogP contribution >= 0.6 is 15.9 Å². The van der Waals surface area contributed by atoms with E-state index in [9.17, 15) is 14.4 Å². The first-order valence-corrected chi connectivity index (χ1v) is 9.29. The average molecular weight is 429 g/mol. The highest BCUT2D eigenvalue weighted by molar-refractivity contribution is 9.10. The first-order chi connectivity index (χ1) is 12.8. The van der Waals surface area contributed by atoms with Crippen molar-refractivity contribution in [3.05, 3.63) is 63.6 Å². The SMILES string of the molecule is COC(=O)[C@@]12C(=O)Oc3ccc(Br)cc3[C@H]1[C@@]2(C)C(=O)c1ccc(C)cc1. The van der Waals surface area contributed by atoms with Crippen molar-refractivity contribution in [1.29, 1.82) is 0 Å². The van der Waals surface area contributed by atoms with Gasteiger partial charge in [-0.05, 0) is 32.0 Å². The van der Waals surface area contributed by atoms with Crippen LogP contribution in [0.3, 0.4) is 0 Å². The summed E-state index contributed by atoms with van der Waals surface area (Å²) in [6.45, 7) is 3.57. The lowest BCUT2D eigenvalue weighted by Gasteiger charge is -2.21. The molecule has 0 unspecified atom stereocenters. The molecular weight excluding hydrogens is 412 g/mol. The molecule has 0 bridgehead atoms. The van der Waals surface area contributed by atoms with Crippen LogP contribution in [0.4, 0.5) is 0 Å². The number of benzene rings is 2. The van der Waals surface area contributed by atoms with Crippen LogP contribution in [0.2, 0.25) is 0 Å². The second-order valence-electron chi connectivity index (χ2n) is 7.20. The van der Waals surface area contributed by atoms with Gasteiger partial charge in [0.05, 0.1) is 12.5 Å². The fourth-order valence-electron chi connectivity index (χ4n) is 4.40. The molecular formula is C21H17BrO5. The van der Waals surface area contributed by atoms with E-state index in [1.807, 2.05) is 19.1 Å².